The molecule has 3 unspecified atom stereocenters. The molecule has 0 saturated heterocycles. The lowest BCUT2D eigenvalue weighted by molar-refractivity contribution is -0.121. The molecule has 2 rings (SSSR count). The minimum atomic E-state index is -0.355. The van der Waals surface area contributed by atoms with Crippen molar-refractivity contribution >= 4 is 12.0 Å². The summed E-state index contributed by atoms with van der Waals surface area (Å²) in [7, 11) is 0. The molecule has 18 heavy (non-hydrogen) atoms. The molecule has 3 nitrogen and oxygen atoms in total. The van der Waals surface area contributed by atoms with Crippen LogP contribution in [0.2, 0.25) is 0 Å². The highest BCUT2D eigenvalue weighted by Crippen LogP contribution is 2.31. The lowest BCUT2D eigenvalue weighted by Gasteiger charge is -2.35. The van der Waals surface area contributed by atoms with Gasteiger partial charge in [-0.15, -0.1) is 0 Å². The van der Waals surface area contributed by atoms with E-state index in [9.17, 15) is 4.79 Å². The number of para-hydroxylation sites is 1. The number of benzene rings is 1. The summed E-state index contributed by atoms with van der Waals surface area (Å²) in [6.45, 7) is 3.97. The Kier molecular flexibility index (Phi) is 4.37. The molecule has 1 aromatic rings. The molecule has 1 heterocycles. The third-order valence-electron chi connectivity index (χ3n) is 3.44. The molecule has 0 fully saturated rings. The first-order valence-electron chi connectivity index (χ1n) is 6.69. The number of rotatable bonds is 5. The molecule has 0 aliphatic carbocycles. The Labute approximate surface area is 109 Å². The molecule has 0 aromatic heterocycles. The zero-order valence-electron chi connectivity index (χ0n) is 11.1. The van der Waals surface area contributed by atoms with Crippen molar-refractivity contribution in [2.75, 3.05) is 5.32 Å². The first kappa shape index (κ1) is 13.1. The summed E-state index contributed by atoms with van der Waals surface area (Å²) in [5.74, 6) is 0.437. The van der Waals surface area contributed by atoms with Gasteiger partial charge in [0, 0.05) is 11.6 Å². The van der Waals surface area contributed by atoms with Gasteiger partial charge in [-0.05, 0) is 31.4 Å². The van der Waals surface area contributed by atoms with E-state index in [1.54, 1.807) is 6.92 Å². The van der Waals surface area contributed by atoms with E-state index in [1.807, 2.05) is 6.07 Å². The van der Waals surface area contributed by atoms with Crippen LogP contribution in [-0.4, -0.2) is 18.6 Å². The van der Waals surface area contributed by atoms with E-state index >= 15 is 0 Å². The van der Waals surface area contributed by atoms with Crippen molar-refractivity contribution in [2.24, 2.45) is 5.92 Å². The molecule has 3 heteroatoms. The molecule has 1 aliphatic heterocycles. The Morgan fingerprint density at radius 1 is 1.50 bits per heavy atom. The van der Waals surface area contributed by atoms with Crippen molar-refractivity contribution in [1.82, 2.24) is 0 Å². The average Bonchev–Trinajstić information content (AvgIpc) is 2.39. The van der Waals surface area contributed by atoms with E-state index in [-0.39, 0.29) is 12.3 Å². The molecular formula is C15H21NO2. The summed E-state index contributed by atoms with van der Waals surface area (Å²) in [4.78, 5) is 10.7. The van der Waals surface area contributed by atoms with Crippen LogP contribution in [0.1, 0.15) is 32.3 Å². The van der Waals surface area contributed by atoms with Crippen LogP contribution in [0.3, 0.4) is 0 Å². The van der Waals surface area contributed by atoms with Gasteiger partial charge < -0.3 is 14.8 Å². The van der Waals surface area contributed by atoms with Crippen molar-refractivity contribution in [1.29, 1.82) is 0 Å². The Morgan fingerprint density at radius 3 is 3.00 bits per heavy atom. The molecule has 0 spiro atoms. The highest BCUT2D eigenvalue weighted by molar-refractivity contribution is 5.56. The van der Waals surface area contributed by atoms with Gasteiger partial charge in [-0.25, -0.2) is 0 Å². The van der Waals surface area contributed by atoms with Gasteiger partial charge in [-0.1, -0.05) is 31.5 Å². The van der Waals surface area contributed by atoms with Gasteiger partial charge in [0.2, 0.25) is 0 Å². The number of hydrogen-bond donors (Lipinski definition) is 1. The van der Waals surface area contributed by atoms with Crippen molar-refractivity contribution in [3.63, 3.8) is 0 Å². The highest BCUT2D eigenvalue weighted by atomic mass is 16.5. The van der Waals surface area contributed by atoms with E-state index in [0.717, 1.165) is 31.2 Å². The Hall–Kier alpha value is -1.35. The zero-order chi connectivity index (χ0) is 13.0. The molecule has 0 amide bonds. The van der Waals surface area contributed by atoms with Crippen LogP contribution in [0.15, 0.2) is 24.3 Å². The molecule has 98 valence electrons. The van der Waals surface area contributed by atoms with Crippen LogP contribution >= 0.6 is 0 Å². The predicted molar refractivity (Wildman–Crippen MR) is 72.6 cm³/mol. The van der Waals surface area contributed by atoms with Crippen molar-refractivity contribution in [3.05, 3.63) is 29.8 Å². The largest absolute Gasteiger partial charge is 0.360 e. The summed E-state index contributed by atoms with van der Waals surface area (Å²) in [5.41, 5.74) is 2.47. The molecular weight excluding hydrogens is 226 g/mol. The maximum Gasteiger partial charge on any atom is 0.148 e. The SMILES string of the molecule is CCCC1Cc2ccccc2NC1OC(C)C=O. The monoisotopic (exact) mass is 247 g/mol. The molecule has 0 saturated carbocycles. The summed E-state index contributed by atoms with van der Waals surface area (Å²) in [6.07, 6.45) is 3.70. The molecule has 3 atom stereocenters. The fourth-order valence-corrected chi connectivity index (χ4v) is 2.53. The quantitative estimate of drug-likeness (QED) is 0.813. The smallest absolute Gasteiger partial charge is 0.148 e. The number of ether oxygens (including phenoxy) is 1. The lowest BCUT2D eigenvalue weighted by Crippen LogP contribution is -2.39. The van der Waals surface area contributed by atoms with E-state index < -0.39 is 0 Å². The van der Waals surface area contributed by atoms with Gasteiger partial charge in [0.25, 0.3) is 0 Å². The molecule has 1 aliphatic rings. The van der Waals surface area contributed by atoms with Crippen LogP contribution in [0.4, 0.5) is 5.69 Å². The van der Waals surface area contributed by atoms with E-state index in [1.165, 1.54) is 5.56 Å². The number of aldehydes is 1. The molecule has 0 radical (unpaired) electrons. The van der Waals surface area contributed by atoms with Gasteiger partial charge in [0.1, 0.15) is 18.6 Å². The molecule has 1 aromatic carbocycles. The van der Waals surface area contributed by atoms with Crippen LogP contribution in [-0.2, 0) is 16.0 Å². The third kappa shape index (κ3) is 2.91. The Bertz CT molecular complexity index is 405. The standard InChI is InChI=1S/C15H21NO2/c1-3-6-13-9-12-7-4-5-8-14(12)16-15(13)18-11(2)10-17/h4-5,7-8,10-11,13,15-16H,3,6,9H2,1-2H3. The van der Waals surface area contributed by atoms with Gasteiger partial charge in [0.05, 0.1) is 0 Å². The normalized spacial score (nSPS) is 23.9. The van der Waals surface area contributed by atoms with E-state index in [0.29, 0.717) is 5.92 Å². The molecule has 0 bridgehead atoms. The minimum absolute atomic E-state index is 0.0555. The minimum Gasteiger partial charge on any atom is -0.360 e. The second-order valence-electron chi connectivity index (χ2n) is 4.95. The first-order valence-corrected chi connectivity index (χ1v) is 6.69. The maximum absolute atomic E-state index is 10.7. The van der Waals surface area contributed by atoms with Crippen LogP contribution in [0.25, 0.3) is 0 Å². The summed E-state index contributed by atoms with van der Waals surface area (Å²) >= 11 is 0. The number of hydrogen-bond acceptors (Lipinski definition) is 3. The summed E-state index contributed by atoms with van der Waals surface area (Å²) in [5, 5.41) is 3.42. The predicted octanol–water partition coefficient (Wildman–Crippen LogP) is 3.00. The third-order valence-corrected chi connectivity index (χ3v) is 3.44. The number of carbonyl (C=O) groups is 1. The number of fused-ring (bicyclic) bond motifs is 1. The highest BCUT2D eigenvalue weighted by Gasteiger charge is 2.28. The average molecular weight is 247 g/mol. The van der Waals surface area contributed by atoms with Gasteiger partial charge in [-0.3, -0.25) is 0 Å². The van der Waals surface area contributed by atoms with E-state index in [2.05, 4.69) is 30.4 Å². The topological polar surface area (TPSA) is 38.3 Å². The van der Waals surface area contributed by atoms with Gasteiger partial charge in [0.15, 0.2) is 0 Å². The molecule has 1 N–H and O–H groups in total. The van der Waals surface area contributed by atoms with Gasteiger partial charge >= 0.3 is 0 Å². The second-order valence-corrected chi connectivity index (χ2v) is 4.95. The maximum atomic E-state index is 10.7. The first-order chi connectivity index (χ1) is 8.74. The Morgan fingerprint density at radius 2 is 2.28 bits per heavy atom. The zero-order valence-corrected chi connectivity index (χ0v) is 11.1. The second kappa shape index (κ2) is 6.01. The van der Waals surface area contributed by atoms with Crippen molar-refractivity contribution < 1.29 is 9.53 Å². The lowest BCUT2D eigenvalue weighted by atomic mass is 9.89. The van der Waals surface area contributed by atoms with Gasteiger partial charge in [-0.2, -0.15) is 0 Å². The fourth-order valence-electron chi connectivity index (χ4n) is 2.53. The fraction of sp³-hybridized carbons (Fsp3) is 0.533. The van der Waals surface area contributed by atoms with Crippen LogP contribution in [0.5, 0.6) is 0 Å². The number of carbonyl (C=O) groups excluding carboxylic acids is 1. The number of nitrogens with one attached hydrogen (secondary N) is 1. The van der Waals surface area contributed by atoms with Crippen LogP contribution in [0, 0.1) is 5.92 Å². The van der Waals surface area contributed by atoms with Crippen LogP contribution < -0.4 is 5.32 Å². The van der Waals surface area contributed by atoms with Crippen molar-refractivity contribution in [3.8, 4) is 0 Å². The summed E-state index contributed by atoms with van der Waals surface area (Å²) in [6, 6.07) is 8.31. The number of anilines is 1. The van der Waals surface area contributed by atoms with E-state index in [4.69, 9.17) is 4.74 Å². The summed E-state index contributed by atoms with van der Waals surface area (Å²) < 4.78 is 5.78. The Balaban J connectivity index is 2.14. The van der Waals surface area contributed by atoms with Crippen molar-refractivity contribution in [2.45, 2.75) is 45.4 Å².